The number of nitrogens with zero attached hydrogens (tertiary/aromatic N) is 5. The summed E-state index contributed by atoms with van der Waals surface area (Å²) in [6.07, 6.45) is 0.988. The number of aliphatic hydroxyl groups is 1. The maximum Gasteiger partial charge on any atom is 0.332 e. The smallest absolute Gasteiger partial charge is 0.332 e. The average Bonchev–Trinajstić information content (AvgIpc) is 3.06. The third-order valence-electron chi connectivity index (χ3n) is 4.54. The topological polar surface area (TPSA) is 85.3 Å². The third kappa shape index (κ3) is 2.02. The van der Waals surface area contributed by atoms with Gasteiger partial charge >= 0.3 is 5.69 Å². The minimum atomic E-state index is -0.557. The molecule has 0 unspecified atom stereocenters. The van der Waals surface area contributed by atoms with Crippen molar-refractivity contribution in [2.24, 2.45) is 14.1 Å². The van der Waals surface area contributed by atoms with Crippen LogP contribution in [-0.2, 0) is 14.1 Å². The van der Waals surface area contributed by atoms with Crippen LogP contribution < -0.4 is 11.2 Å². The molecule has 1 aliphatic heterocycles. The lowest BCUT2D eigenvalue weighted by Gasteiger charge is -2.20. The van der Waals surface area contributed by atoms with Crippen molar-refractivity contribution in [3.05, 3.63) is 27.2 Å². The summed E-state index contributed by atoms with van der Waals surface area (Å²) in [5, 5.41) is 10.4. The van der Waals surface area contributed by atoms with Gasteiger partial charge in [0.2, 0.25) is 0 Å². The highest BCUT2D eigenvalue weighted by molar-refractivity contribution is 5.70. The molecule has 2 aromatic rings. The molecule has 0 spiro atoms. The number of aliphatic hydroxyl groups excluding tert-OH is 1. The fourth-order valence-corrected chi connectivity index (χ4v) is 3.13. The zero-order chi connectivity index (χ0) is 16.2. The predicted molar refractivity (Wildman–Crippen MR) is 82.0 cm³/mol. The highest BCUT2D eigenvalue weighted by Gasteiger charge is 2.35. The Balaban J connectivity index is 2.18. The van der Waals surface area contributed by atoms with E-state index in [-0.39, 0.29) is 11.6 Å². The standard InChI is InChI=1S/C14H21N5O3/c1-8(2)18-5-9(10(20)6-18)19-7-15-11-12(19)16(3)14(22)17(4)13(11)21/h7-10,20H,5-6H2,1-4H3/t9-,10-/m0/s1. The van der Waals surface area contributed by atoms with E-state index in [9.17, 15) is 14.7 Å². The molecule has 3 rings (SSSR count). The summed E-state index contributed by atoms with van der Waals surface area (Å²) in [5.41, 5.74) is -0.0972. The molecule has 8 nitrogen and oxygen atoms in total. The average molecular weight is 307 g/mol. The van der Waals surface area contributed by atoms with Gasteiger partial charge in [-0.25, -0.2) is 9.78 Å². The first-order valence-corrected chi connectivity index (χ1v) is 7.37. The number of likely N-dealkylation sites (tertiary alicyclic amines) is 1. The molecule has 0 aromatic carbocycles. The van der Waals surface area contributed by atoms with Crippen LogP contribution in [0, 0.1) is 0 Å². The lowest BCUT2D eigenvalue weighted by atomic mass is 10.2. The Morgan fingerprint density at radius 2 is 1.91 bits per heavy atom. The van der Waals surface area contributed by atoms with Crippen molar-refractivity contribution in [1.82, 2.24) is 23.6 Å². The highest BCUT2D eigenvalue weighted by Crippen LogP contribution is 2.26. The third-order valence-corrected chi connectivity index (χ3v) is 4.54. The van der Waals surface area contributed by atoms with Crippen molar-refractivity contribution >= 4 is 11.2 Å². The van der Waals surface area contributed by atoms with E-state index in [1.807, 2.05) is 0 Å². The number of aryl methyl sites for hydroxylation is 1. The molecule has 1 saturated heterocycles. The summed E-state index contributed by atoms with van der Waals surface area (Å²) < 4.78 is 4.21. The van der Waals surface area contributed by atoms with E-state index in [1.165, 1.54) is 11.6 Å². The van der Waals surface area contributed by atoms with Gasteiger partial charge in [0.1, 0.15) is 5.65 Å². The fourth-order valence-electron chi connectivity index (χ4n) is 3.13. The number of hydrogen-bond acceptors (Lipinski definition) is 5. The molecular formula is C14H21N5O3. The summed E-state index contributed by atoms with van der Waals surface area (Å²) in [6, 6.07) is 0.108. The maximum absolute atomic E-state index is 12.2. The first kappa shape index (κ1) is 15.0. The van der Waals surface area contributed by atoms with Gasteiger partial charge in [-0.3, -0.25) is 18.8 Å². The molecular weight excluding hydrogens is 286 g/mol. The Morgan fingerprint density at radius 1 is 1.23 bits per heavy atom. The van der Waals surface area contributed by atoms with Crippen LogP contribution >= 0.6 is 0 Å². The summed E-state index contributed by atoms with van der Waals surface area (Å²) in [6.45, 7) is 5.38. The Kier molecular flexibility index (Phi) is 3.45. The minimum Gasteiger partial charge on any atom is -0.390 e. The van der Waals surface area contributed by atoms with Gasteiger partial charge in [-0.05, 0) is 13.8 Å². The van der Waals surface area contributed by atoms with Gasteiger partial charge in [-0.2, -0.15) is 0 Å². The zero-order valence-corrected chi connectivity index (χ0v) is 13.2. The monoisotopic (exact) mass is 307 g/mol. The molecule has 0 amide bonds. The van der Waals surface area contributed by atoms with E-state index in [4.69, 9.17) is 0 Å². The molecule has 0 radical (unpaired) electrons. The van der Waals surface area contributed by atoms with Crippen LogP contribution in [0.3, 0.4) is 0 Å². The first-order valence-electron chi connectivity index (χ1n) is 7.37. The zero-order valence-electron chi connectivity index (χ0n) is 13.2. The molecule has 2 atom stereocenters. The molecule has 0 saturated carbocycles. The van der Waals surface area contributed by atoms with Crippen molar-refractivity contribution in [2.45, 2.75) is 32.0 Å². The summed E-state index contributed by atoms with van der Waals surface area (Å²) in [5.74, 6) is 0. The van der Waals surface area contributed by atoms with Crippen molar-refractivity contribution < 1.29 is 5.11 Å². The molecule has 2 aromatic heterocycles. The lowest BCUT2D eigenvalue weighted by Crippen LogP contribution is -2.38. The summed E-state index contributed by atoms with van der Waals surface area (Å²) in [7, 11) is 3.05. The Bertz CT molecular complexity index is 831. The second-order valence-corrected chi connectivity index (χ2v) is 6.21. The largest absolute Gasteiger partial charge is 0.390 e. The number of rotatable bonds is 2. The number of imidazole rings is 1. The van der Waals surface area contributed by atoms with E-state index >= 15 is 0 Å². The number of aromatic nitrogens is 4. The van der Waals surface area contributed by atoms with Crippen LogP contribution in [0.15, 0.2) is 15.9 Å². The van der Waals surface area contributed by atoms with Crippen molar-refractivity contribution in [3.8, 4) is 0 Å². The van der Waals surface area contributed by atoms with Gasteiger partial charge in [0, 0.05) is 33.2 Å². The second-order valence-electron chi connectivity index (χ2n) is 6.21. The molecule has 8 heteroatoms. The van der Waals surface area contributed by atoms with Crippen LogP contribution in [-0.4, -0.2) is 53.9 Å². The Hall–Kier alpha value is -1.93. The number of fused-ring (bicyclic) bond motifs is 1. The quantitative estimate of drug-likeness (QED) is 0.774. The number of β-amino-alcohol motifs (C(OH)–C–C–N with tert-alkyl or cyclic N) is 1. The lowest BCUT2D eigenvalue weighted by molar-refractivity contribution is 0.141. The molecule has 0 aliphatic carbocycles. The number of hydrogen-bond donors (Lipinski definition) is 1. The fraction of sp³-hybridized carbons (Fsp3) is 0.643. The van der Waals surface area contributed by atoms with Crippen molar-refractivity contribution in [2.75, 3.05) is 13.1 Å². The molecule has 120 valence electrons. The minimum absolute atomic E-state index is 0.217. The van der Waals surface area contributed by atoms with Crippen LogP contribution in [0.2, 0.25) is 0 Å². The van der Waals surface area contributed by atoms with Gasteiger partial charge < -0.3 is 9.67 Å². The van der Waals surface area contributed by atoms with Crippen LogP contribution in [0.4, 0.5) is 0 Å². The highest BCUT2D eigenvalue weighted by atomic mass is 16.3. The van der Waals surface area contributed by atoms with Gasteiger partial charge in [-0.1, -0.05) is 0 Å². The molecule has 1 aliphatic rings. The molecule has 0 bridgehead atoms. The normalized spacial score (nSPS) is 23.0. The van der Waals surface area contributed by atoms with Crippen molar-refractivity contribution in [1.29, 1.82) is 0 Å². The predicted octanol–water partition coefficient (Wildman–Crippen LogP) is -0.940. The molecule has 22 heavy (non-hydrogen) atoms. The molecule has 3 heterocycles. The van der Waals surface area contributed by atoms with Crippen LogP contribution in [0.25, 0.3) is 11.2 Å². The van der Waals surface area contributed by atoms with Gasteiger partial charge in [0.25, 0.3) is 5.56 Å². The Morgan fingerprint density at radius 3 is 2.50 bits per heavy atom. The summed E-state index contributed by atoms with van der Waals surface area (Å²) >= 11 is 0. The maximum atomic E-state index is 12.2. The SMILES string of the molecule is CC(C)N1C[C@H](O)[C@@H](n2cnc3c(=O)n(C)c(=O)n(C)c32)C1. The van der Waals surface area contributed by atoms with E-state index < -0.39 is 17.4 Å². The van der Waals surface area contributed by atoms with E-state index in [2.05, 4.69) is 23.7 Å². The Labute approximate surface area is 127 Å². The van der Waals surface area contributed by atoms with Crippen molar-refractivity contribution in [3.63, 3.8) is 0 Å². The summed E-state index contributed by atoms with van der Waals surface area (Å²) in [4.78, 5) is 30.7. The van der Waals surface area contributed by atoms with Gasteiger partial charge in [-0.15, -0.1) is 0 Å². The molecule has 1 N–H and O–H groups in total. The van der Waals surface area contributed by atoms with Crippen LogP contribution in [0.5, 0.6) is 0 Å². The van der Waals surface area contributed by atoms with E-state index in [0.717, 1.165) is 4.57 Å². The van der Waals surface area contributed by atoms with Gasteiger partial charge in [0.05, 0.1) is 18.5 Å². The van der Waals surface area contributed by atoms with Crippen LogP contribution in [0.1, 0.15) is 19.9 Å². The molecule has 1 fully saturated rings. The van der Waals surface area contributed by atoms with E-state index in [1.54, 1.807) is 17.9 Å². The first-order chi connectivity index (χ1) is 10.3. The van der Waals surface area contributed by atoms with Gasteiger partial charge in [0.15, 0.2) is 5.52 Å². The second kappa shape index (κ2) is 5.06. The van der Waals surface area contributed by atoms with E-state index in [0.29, 0.717) is 24.8 Å².